The lowest BCUT2D eigenvalue weighted by Crippen LogP contribution is -2.06. The van der Waals surface area contributed by atoms with Crippen LogP contribution in [0.1, 0.15) is 11.1 Å². The highest BCUT2D eigenvalue weighted by atomic mass is 35.5. The van der Waals surface area contributed by atoms with E-state index in [-0.39, 0.29) is 16.5 Å². The summed E-state index contributed by atoms with van der Waals surface area (Å²) in [6, 6.07) is 6.95. The molecule has 0 N–H and O–H groups in total. The number of hydrogen-bond acceptors (Lipinski definition) is 3. The van der Waals surface area contributed by atoms with Gasteiger partial charge in [0.15, 0.2) is 0 Å². The molecule has 0 saturated heterocycles. The van der Waals surface area contributed by atoms with Crippen LogP contribution in [0.25, 0.3) is 11.1 Å². The Morgan fingerprint density at radius 1 is 1.24 bits per heavy atom. The topological polar surface area (TPSA) is 53.0 Å². The van der Waals surface area contributed by atoms with E-state index in [1.165, 1.54) is 24.3 Å². The quantitative estimate of drug-likeness (QED) is 0.633. The van der Waals surface area contributed by atoms with Gasteiger partial charge in [0.2, 0.25) is 0 Å². The van der Waals surface area contributed by atoms with Crippen LogP contribution in [0.15, 0.2) is 36.5 Å². The number of benzene rings is 1. The molecule has 0 radical (unpaired) electrons. The highest BCUT2D eigenvalue weighted by Crippen LogP contribution is 2.34. The van der Waals surface area contributed by atoms with Gasteiger partial charge in [-0.1, -0.05) is 46.9 Å². The summed E-state index contributed by atoms with van der Waals surface area (Å²) in [5, 5.41) is -0.0526. The molecule has 21 heavy (non-hydrogen) atoms. The lowest BCUT2D eigenvalue weighted by atomic mass is 10.0. The van der Waals surface area contributed by atoms with Gasteiger partial charge in [-0.05, 0) is 17.2 Å². The highest BCUT2D eigenvalue weighted by molar-refractivity contribution is 7.78. The number of hydrogen-bond donors (Lipinski definition) is 0. The Bertz CT molecular complexity index is 674. The van der Waals surface area contributed by atoms with Crippen LogP contribution in [0.4, 0.5) is 13.2 Å². The molecule has 0 aliphatic carbocycles. The van der Waals surface area contributed by atoms with Crippen LogP contribution >= 0.6 is 11.6 Å². The Morgan fingerprint density at radius 3 is 2.38 bits per heavy atom. The average Bonchev–Trinajstić information content (AvgIpc) is 2.38. The summed E-state index contributed by atoms with van der Waals surface area (Å²) in [5.74, 6) is -0.158. The van der Waals surface area contributed by atoms with E-state index in [0.717, 1.165) is 6.07 Å². The second-order valence-electron chi connectivity index (χ2n) is 4.21. The standard InChI is InChI=1S/C13H9ClF3NO2S/c14-12-11(5-10(6-18-12)13(15,16)17)9-3-1-8(2-4-9)7-21(19)20/h1-6H,7H2,(H,19,20)/p-1. The molecule has 2 aromatic rings. The number of aromatic nitrogens is 1. The maximum Gasteiger partial charge on any atom is 0.417 e. The summed E-state index contributed by atoms with van der Waals surface area (Å²) in [4.78, 5) is 3.54. The maximum atomic E-state index is 12.7. The molecule has 0 fully saturated rings. The molecular weight excluding hydrogens is 327 g/mol. The third kappa shape index (κ3) is 4.03. The molecule has 2 rings (SSSR count). The predicted octanol–water partition coefficient (Wildman–Crippen LogP) is 3.80. The van der Waals surface area contributed by atoms with Gasteiger partial charge in [-0.25, -0.2) is 4.98 Å². The van der Waals surface area contributed by atoms with E-state index in [1.54, 1.807) is 0 Å². The van der Waals surface area contributed by atoms with Gasteiger partial charge in [0, 0.05) is 17.5 Å². The second-order valence-corrected chi connectivity index (χ2v) is 5.46. The fraction of sp³-hybridized carbons (Fsp3) is 0.154. The highest BCUT2D eigenvalue weighted by Gasteiger charge is 2.31. The third-order valence-electron chi connectivity index (χ3n) is 2.72. The first-order valence-electron chi connectivity index (χ1n) is 5.65. The van der Waals surface area contributed by atoms with E-state index < -0.39 is 22.8 Å². The smallest absolute Gasteiger partial charge is 0.417 e. The summed E-state index contributed by atoms with van der Waals surface area (Å²) in [6.45, 7) is 0. The minimum absolute atomic E-state index is 0.0526. The fourth-order valence-corrected chi connectivity index (χ4v) is 2.40. The first kappa shape index (κ1) is 15.9. The molecule has 0 amide bonds. The summed E-state index contributed by atoms with van der Waals surface area (Å²) in [6.07, 6.45) is -3.84. The van der Waals surface area contributed by atoms with E-state index in [1.807, 2.05) is 0 Å². The van der Waals surface area contributed by atoms with Crippen molar-refractivity contribution in [3.05, 3.63) is 52.8 Å². The van der Waals surface area contributed by atoms with E-state index in [4.69, 9.17) is 11.6 Å². The monoisotopic (exact) mass is 334 g/mol. The minimum Gasteiger partial charge on any atom is -0.772 e. The van der Waals surface area contributed by atoms with E-state index >= 15 is 0 Å². The SMILES string of the molecule is O=S([O-])Cc1ccc(-c2cc(C(F)(F)F)cnc2Cl)cc1. The van der Waals surface area contributed by atoms with Crippen LogP contribution in [-0.2, 0) is 23.0 Å². The average molecular weight is 335 g/mol. The van der Waals surface area contributed by atoms with Crippen molar-refractivity contribution in [3.8, 4) is 11.1 Å². The fourth-order valence-electron chi connectivity index (χ4n) is 1.72. The Balaban J connectivity index is 2.39. The van der Waals surface area contributed by atoms with Crippen LogP contribution < -0.4 is 0 Å². The Hall–Kier alpha value is -1.44. The van der Waals surface area contributed by atoms with Gasteiger partial charge < -0.3 is 4.55 Å². The minimum atomic E-state index is -4.51. The van der Waals surface area contributed by atoms with Crippen molar-refractivity contribution >= 4 is 22.7 Å². The molecule has 0 spiro atoms. The van der Waals surface area contributed by atoms with Gasteiger partial charge >= 0.3 is 6.18 Å². The number of rotatable bonds is 3. The number of halogens is 4. The van der Waals surface area contributed by atoms with Crippen LogP contribution in [-0.4, -0.2) is 13.7 Å². The van der Waals surface area contributed by atoms with E-state index in [0.29, 0.717) is 17.3 Å². The van der Waals surface area contributed by atoms with Gasteiger partial charge in [0.05, 0.1) is 5.56 Å². The molecule has 1 aromatic carbocycles. The molecule has 1 atom stereocenters. The molecule has 0 aliphatic rings. The summed E-state index contributed by atoms with van der Waals surface area (Å²) >= 11 is 3.60. The zero-order valence-corrected chi connectivity index (χ0v) is 11.9. The summed E-state index contributed by atoms with van der Waals surface area (Å²) in [5.41, 5.74) is 0.204. The molecular formula is C13H8ClF3NO2S-. The summed E-state index contributed by atoms with van der Waals surface area (Å²) in [7, 11) is 0. The van der Waals surface area contributed by atoms with Crippen LogP contribution in [0, 0.1) is 0 Å². The van der Waals surface area contributed by atoms with E-state index in [9.17, 15) is 21.9 Å². The number of nitrogens with zero attached hydrogens (tertiary/aromatic N) is 1. The maximum absolute atomic E-state index is 12.7. The first-order chi connectivity index (χ1) is 9.77. The Labute approximate surface area is 126 Å². The van der Waals surface area contributed by atoms with Crippen molar-refractivity contribution in [3.63, 3.8) is 0 Å². The van der Waals surface area contributed by atoms with Crippen molar-refractivity contribution in [2.45, 2.75) is 11.9 Å². The normalized spacial score (nSPS) is 13.2. The summed E-state index contributed by atoms with van der Waals surface area (Å²) < 4.78 is 59.2. The van der Waals surface area contributed by atoms with Crippen molar-refractivity contribution in [1.29, 1.82) is 0 Å². The lowest BCUT2D eigenvalue weighted by molar-refractivity contribution is -0.137. The zero-order chi connectivity index (χ0) is 15.6. The van der Waals surface area contributed by atoms with Gasteiger partial charge in [0.25, 0.3) is 0 Å². The van der Waals surface area contributed by atoms with Crippen molar-refractivity contribution in [2.24, 2.45) is 0 Å². The van der Waals surface area contributed by atoms with Crippen LogP contribution in [0.3, 0.4) is 0 Å². The van der Waals surface area contributed by atoms with Gasteiger partial charge in [0.1, 0.15) is 5.15 Å². The zero-order valence-electron chi connectivity index (χ0n) is 10.4. The molecule has 3 nitrogen and oxygen atoms in total. The van der Waals surface area contributed by atoms with Gasteiger partial charge in [-0.15, -0.1) is 0 Å². The largest absolute Gasteiger partial charge is 0.772 e. The first-order valence-corrected chi connectivity index (χ1v) is 7.27. The molecule has 8 heteroatoms. The number of alkyl halides is 3. The predicted molar refractivity (Wildman–Crippen MR) is 72.3 cm³/mol. The molecule has 0 bridgehead atoms. The third-order valence-corrected chi connectivity index (χ3v) is 3.59. The molecule has 1 heterocycles. The number of pyridine rings is 1. The van der Waals surface area contributed by atoms with Gasteiger partial charge in [-0.3, -0.25) is 4.21 Å². The second kappa shape index (κ2) is 6.13. The molecule has 112 valence electrons. The van der Waals surface area contributed by atoms with Crippen LogP contribution in [0.2, 0.25) is 5.15 Å². The lowest BCUT2D eigenvalue weighted by Gasteiger charge is -2.11. The van der Waals surface area contributed by atoms with E-state index in [2.05, 4.69) is 4.98 Å². The van der Waals surface area contributed by atoms with Crippen LogP contribution in [0.5, 0.6) is 0 Å². The van der Waals surface area contributed by atoms with Crippen molar-refractivity contribution in [2.75, 3.05) is 0 Å². The molecule has 1 unspecified atom stereocenters. The molecule has 0 saturated carbocycles. The van der Waals surface area contributed by atoms with Crippen molar-refractivity contribution < 1.29 is 21.9 Å². The Morgan fingerprint density at radius 2 is 1.86 bits per heavy atom. The van der Waals surface area contributed by atoms with Crippen molar-refractivity contribution in [1.82, 2.24) is 4.98 Å². The Kier molecular flexibility index (Phi) is 4.65. The molecule has 0 aliphatic heterocycles. The van der Waals surface area contributed by atoms with Gasteiger partial charge in [-0.2, -0.15) is 13.2 Å². The molecule has 1 aromatic heterocycles.